The lowest BCUT2D eigenvalue weighted by Gasteiger charge is -2.23. The van der Waals surface area contributed by atoms with Crippen LogP contribution in [0.1, 0.15) is 51.7 Å². The molecule has 32 heavy (non-hydrogen) atoms. The van der Waals surface area contributed by atoms with E-state index >= 15 is 0 Å². The van der Waals surface area contributed by atoms with E-state index in [2.05, 4.69) is 24.3 Å². The molecule has 0 aliphatic carbocycles. The fraction of sp³-hybridized carbons (Fsp3) is 0.357. The zero-order valence-electron chi connectivity index (χ0n) is 19.7. The van der Waals surface area contributed by atoms with Gasteiger partial charge in [-0.05, 0) is 111 Å². The maximum atomic E-state index is 10.4. The minimum absolute atomic E-state index is 0.641. The number of aliphatic hydroxyl groups is 2. The van der Waals surface area contributed by atoms with Crippen molar-refractivity contribution < 1.29 is 10.2 Å². The molecule has 0 saturated carbocycles. The highest BCUT2D eigenvalue weighted by atomic mass is 16.3. The van der Waals surface area contributed by atoms with Gasteiger partial charge >= 0.3 is 0 Å². The molecule has 3 aromatic carbocycles. The summed E-state index contributed by atoms with van der Waals surface area (Å²) in [5.41, 5.74) is 18.7. The molecule has 0 saturated heterocycles. The molecule has 0 spiro atoms. The maximum absolute atomic E-state index is 10.4. The molecule has 0 bridgehead atoms. The van der Waals surface area contributed by atoms with E-state index in [0.29, 0.717) is 24.2 Å². The first-order valence-electron chi connectivity index (χ1n) is 11.2. The second-order valence-corrected chi connectivity index (χ2v) is 10.0. The topological polar surface area (TPSA) is 92.5 Å². The summed E-state index contributed by atoms with van der Waals surface area (Å²) in [5, 5.41) is 20.7. The Bertz CT molecular complexity index is 988. The molecule has 0 fully saturated rings. The van der Waals surface area contributed by atoms with Crippen molar-refractivity contribution in [1.29, 1.82) is 0 Å². The van der Waals surface area contributed by atoms with E-state index in [9.17, 15) is 10.2 Å². The van der Waals surface area contributed by atoms with Gasteiger partial charge in [0.25, 0.3) is 0 Å². The van der Waals surface area contributed by atoms with Crippen molar-refractivity contribution in [3.8, 4) is 22.3 Å². The van der Waals surface area contributed by atoms with Crippen LogP contribution in [0.5, 0.6) is 0 Å². The van der Waals surface area contributed by atoms with Gasteiger partial charge in [-0.2, -0.15) is 0 Å². The van der Waals surface area contributed by atoms with Crippen LogP contribution in [0, 0.1) is 0 Å². The lowest BCUT2D eigenvalue weighted by atomic mass is 9.85. The van der Waals surface area contributed by atoms with Crippen molar-refractivity contribution in [2.45, 2.75) is 64.6 Å². The summed E-state index contributed by atoms with van der Waals surface area (Å²) in [6, 6.07) is 20.3. The molecular formula is C28H36N2O2. The fourth-order valence-corrected chi connectivity index (χ4v) is 3.93. The minimum Gasteiger partial charge on any atom is -0.399 e. The largest absolute Gasteiger partial charge is 0.399 e. The van der Waals surface area contributed by atoms with Crippen molar-refractivity contribution in [3.63, 3.8) is 0 Å². The average molecular weight is 433 g/mol. The van der Waals surface area contributed by atoms with E-state index in [-0.39, 0.29) is 0 Å². The molecule has 3 aromatic rings. The third-order valence-corrected chi connectivity index (χ3v) is 5.74. The van der Waals surface area contributed by atoms with Gasteiger partial charge in [-0.15, -0.1) is 0 Å². The second-order valence-electron chi connectivity index (χ2n) is 10.0. The van der Waals surface area contributed by atoms with Gasteiger partial charge in [-0.3, -0.25) is 0 Å². The van der Waals surface area contributed by atoms with Crippen molar-refractivity contribution in [2.75, 3.05) is 11.5 Å². The third-order valence-electron chi connectivity index (χ3n) is 5.74. The first-order valence-corrected chi connectivity index (χ1v) is 11.2. The monoisotopic (exact) mass is 432 g/mol. The van der Waals surface area contributed by atoms with Crippen LogP contribution in [-0.2, 0) is 12.8 Å². The first kappa shape index (κ1) is 23.8. The van der Waals surface area contributed by atoms with Crippen molar-refractivity contribution in [1.82, 2.24) is 0 Å². The van der Waals surface area contributed by atoms with Gasteiger partial charge in [-0.25, -0.2) is 0 Å². The molecular weight excluding hydrogens is 396 g/mol. The lowest BCUT2D eigenvalue weighted by Crippen LogP contribution is -2.20. The van der Waals surface area contributed by atoms with Gasteiger partial charge in [0.2, 0.25) is 0 Å². The van der Waals surface area contributed by atoms with E-state index < -0.39 is 11.2 Å². The Balaban J connectivity index is 2.19. The highest BCUT2D eigenvalue weighted by Gasteiger charge is 2.19. The van der Waals surface area contributed by atoms with Crippen molar-refractivity contribution >= 4 is 11.4 Å². The number of anilines is 2. The van der Waals surface area contributed by atoms with Crippen LogP contribution in [0.2, 0.25) is 0 Å². The van der Waals surface area contributed by atoms with E-state index in [0.717, 1.165) is 46.2 Å². The number of aryl methyl sites for hydroxylation is 2. The molecule has 0 radical (unpaired) electrons. The first-order chi connectivity index (χ1) is 14.9. The Morgan fingerprint density at radius 2 is 1.00 bits per heavy atom. The fourth-order valence-electron chi connectivity index (χ4n) is 3.93. The Morgan fingerprint density at radius 3 is 1.31 bits per heavy atom. The van der Waals surface area contributed by atoms with Gasteiger partial charge in [0, 0.05) is 11.4 Å². The molecule has 0 atom stereocenters. The number of rotatable bonds is 8. The molecule has 170 valence electrons. The lowest BCUT2D eigenvalue weighted by molar-refractivity contribution is 0.0706. The van der Waals surface area contributed by atoms with Crippen LogP contribution in [0.25, 0.3) is 22.3 Å². The molecule has 0 aliphatic rings. The number of hydrogen-bond acceptors (Lipinski definition) is 4. The second kappa shape index (κ2) is 9.35. The normalized spacial score (nSPS) is 12.2. The van der Waals surface area contributed by atoms with Gasteiger partial charge in [-0.1, -0.05) is 36.4 Å². The van der Waals surface area contributed by atoms with Gasteiger partial charge in [0.15, 0.2) is 0 Å². The smallest absolute Gasteiger partial charge is 0.0594 e. The SMILES string of the molecule is CC(C)(O)CCc1cc(-c2cccc(N)c2)c(CCC(C)(C)O)cc1-c1cccc(N)c1. The Morgan fingerprint density at radius 1 is 0.625 bits per heavy atom. The van der Waals surface area contributed by atoms with E-state index in [1.807, 2.05) is 64.1 Å². The van der Waals surface area contributed by atoms with Crippen LogP contribution >= 0.6 is 0 Å². The number of hydrogen-bond donors (Lipinski definition) is 4. The van der Waals surface area contributed by atoms with Crippen molar-refractivity contribution in [2.24, 2.45) is 0 Å². The molecule has 0 unspecified atom stereocenters. The number of benzene rings is 3. The van der Waals surface area contributed by atoms with Gasteiger partial charge in [0.05, 0.1) is 11.2 Å². The third kappa shape index (κ3) is 6.59. The highest BCUT2D eigenvalue weighted by molar-refractivity contribution is 5.79. The molecule has 4 heteroatoms. The zero-order valence-corrected chi connectivity index (χ0v) is 19.7. The number of nitrogens with two attached hydrogens (primary N) is 2. The molecule has 0 amide bonds. The minimum atomic E-state index is -0.760. The molecule has 0 aliphatic heterocycles. The standard InChI is InChI=1S/C28H36N2O2/c1-27(2,31)13-11-21-17-26(20-8-6-10-24(30)16-20)22(12-14-28(3,4)32)18-25(21)19-7-5-9-23(29)15-19/h5-10,15-18,31-32H,11-14,29-30H2,1-4H3. The summed E-state index contributed by atoms with van der Waals surface area (Å²) >= 11 is 0. The predicted octanol–water partition coefficient (Wildman–Crippen LogP) is 5.59. The molecule has 6 N–H and O–H groups in total. The van der Waals surface area contributed by atoms with Gasteiger partial charge in [0.1, 0.15) is 0 Å². The van der Waals surface area contributed by atoms with Gasteiger partial charge < -0.3 is 21.7 Å². The number of nitrogen functional groups attached to an aromatic ring is 2. The van der Waals surface area contributed by atoms with Crippen LogP contribution in [0.3, 0.4) is 0 Å². The highest BCUT2D eigenvalue weighted by Crippen LogP contribution is 2.36. The summed E-state index contributed by atoms with van der Waals surface area (Å²) in [5.74, 6) is 0. The molecule has 0 aromatic heterocycles. The Hall–Kier alpha value is -2.82. The summed E-state index contributed by atoms with van der Waals surface area (Å²) in [7, 11) is 0. The quantitative estimate of drug-likeness (QED) is 0.349. The van der Waals surface area contributed by atoms with E-state index in [4.69, 9.17) is 11.5 Å². The molecule has 4 nitrogen and oxygen atoms in total. The van der Waals surface area contributed by atoms with Crippen LogP contribution in [-0.4, -0.2) is 21.4 Å². The Kier molecular flexibility index (Phi) is 6.97. The molecule has 3 rings (SSSR count). The summed E-state index contributed by atoms with van der Waals surface area (Å²) < 4.78 is 0. The van der Waals surface area contributed by atoms with Crippen LogP contribution < -0.4 is 11.5 Å². The van der Waals surface area contributed by atoms with Crippen LogP contribution in [0.15, 0.2) is 60.7 Å². The molecule has 0 heterocycles. The summed E-state index contributed by atoms with van der Waals surface area (Å²) in [6.07, 6.45) is 2.74. The summed E-state index contributed by atoms with van der Waals surface area (Å²) in [4.78, 5) is 0. The average Bonchev–Trinajstić information content (AvgIpc) is 2.69. The predicted molar refractivity (Wildman–Crippen MR) is 135 cm³/mol. The summed E-state index contributed by atoms with van der Waals surface area (Å²) in [6.45, 7) is 7.35. The van der Waals surface area contributed by atoms with Crippen molar-refractivity contribution in [3.05, 3.63) is 71.8 Å². The Labute approximate surface area is 191 Å². The van der Waals surface area contributed by atoms with E-state index in [1.165, 1.54) is 0 Å². The van der Waals surface area contributed by atoms with Crippen LogP contribution in [0.4, 0.5) is 11.4 Å². The van der Waals surface area contributed by atoms with E-state index in [1.54, 1.807) is 0 Å². The zero-order chi connectivity index (χ0) is 23.5. The maximum Gasteiger partial charge on any atom is 0.0594 e.